The van der Waals surface area contributed by atoms with Gasteiger partial charge in [-0.15, -0.1) is 10.2 Å². The summed E-state index contributed by atoms with van der Waals surface area (Å²) in [5, 5.41) is 10.8. The Morgan fingerprint density at radius 2 is 1.88 bits per heavy atom. The lowest BCUT2D eigenvalue weighted by Crippen LogP contribution is -2.19. The third-order valence-corrected chi connectivity index (χ3v) is 4.65. The predicted octanol–water partition coefficient (Wildman–Crippen LogP) is 3.43. The fourth-order valence-corrected chi connectivity index (χ4v) is 3.10. The largest absolute Gasteiger partial charge is 0.325 e. The summed E-state index contributed by atoms with van der Waals surface area (Å²) in [4.78, 5) is 12.8. The van der Waals surface area contributed by atoms with E-state index < -0.39 is 5.25 Å². The van der Waals surface area contributed by atoms with Crippen molar-refractivity contribution in [2.75, 3.05) is 5.32 Å². The quantitative estimate of drug-likeness (QED) is 0.722. The molecule has 3 aromatic rings. The summed E-state index contributed by atoms with van der Waals surface area (Å²) in [6.45, 7) is 0. The molecule has 5 nitrogen and oxygen atoms in total. The van der Waals surface area contributed by atoms with E-state index in [1.807, 2.05) is 37.4 Å². The second-order valence-electron chi connectivity index (χ2n) is 5.13. The average Bonchev–Trinajstić information content (AvgIpc) is 3.00. The zero-order valence-corrected chi connectivity index (χ0v) is 13.7. The van der Waals surface area contributed by atoms with E-state index in [1.165, 1.54) is 36.0 Å². The topological polar surface area (TPSA) is 59.8 Å². The molecule has 0 aliphatic carbocycles. The van der Waals surface area contributed by atoms with Crippen LogP contribution in [0.1, 0.15) is 10.8 Å². The number of thioether (sulfide) groups is 1. The molecule has 7 heteroatoms. The van der Waals surface area contributed by atoms with Crippen LogP contribution in [0.5, 0.6) is 0 Å². The number of carbonyl (C=O) groups excluding carboxylic acids is 1. The summed E-state index contributed by atoms with van der Waals surface area (Å²) in [5.41, 5.74) is 1.39. The number of aromatic nitrogens is 3. The van der Waals surface area contributed by atoms with E-state index in [0.717, 1.165) is 5.56 Å². The molecule has 1 atom stereocenters. The maximum absolute atomic E-state index is 13.0. The Kier molecular flexibility index (Phi) is 4.90. The van der Waals surface area contributed by atoms with Crippen molar-refractivity contribution in [2.45, 2.75) is 10.4 Å². The Balaban J connectivity index is 1.85. The fourth-order valence-electron chi connectivity index (χ4n) is 2.13. The number of hydrogen-bond donors (Lipinski definition) is 1. The summed E-state index contributed by atoms with van der Waals surface area (Å²) < 4.78 is 14.8. The average molecular weight is 342 g/mol. The minimum Gasteiger partial charge on any atom is -0.325 e. The molecule has 1 N–H and O–H groups in total. The molecule has 0 spiro atoms. The maximum Gasteiger partial charge on any atom is 0.242 e. The first-order chi connectivity index (χ1) is 11.6. The summed E-state index contributed by atoms with van der Waals surface area (Å²) in [6, 6.07) is 15.1. The van der Waals surface area contributed by atoms with Crippen LogP contribution in [0.3, 0.4) is 0 Å². The van der Waals surface area contributed by atoms with Crippen molar-refractivity contribution in [3.05, 3.63) is 72.3 Å². The van der Waals surface area contributed by atoms with E-state index in [1.54, 1.807) is 10.9 Å². The van der Waals surface area contributed by atoms with Gasteiger partial charge in [-0.25, -0.2) is 4.39 Å². The molecular weight excluding hydrogens is 327 g/mol. The molecule has 0 bridgehead atoms. The first-order valence-corrected chi connectivity index (χ1v) is 8.13. The molecule has 0 saturated heterocycles. The number of amides is 1. The van der Waals surface area contributed by atoms with Gasteiger partial charge in [0, 0.05) is 12.7 Å². The Bertz CT molecular complexity index is 820. The standard InChI is InChI=1S/C17H15FN4OS/c1-22-11-19-21-17(22)24-15(12-5-3-2-4-6-12)16(23)20-14-9-7-13(18)8-10-14/h2-11,15H,1H3,(H,20,23)/t15-/m0/s1. The molecule has 0 aliphatic heterocycles. The first-order valence-electron chi connectivity index (χ1n) is 7.25. The second-order valence-corrected chi connectivity index (χ2v) is 6.20. The van der Waals surface area contributed by atoms with Crippen molar-refractivity contribution in [1.29, 1.82) is 0 Å². The molecule has 0 saturated carbocycles. The number of rotatable bonds is 5. The molecule has 0 radical (unpaired) electrons. The molecule has 122 valence electrons. The highest BCUT2D eigenvalue weighted by Crippen LogP contribution is 2.34. The fraction of sp³-hybridized carbons (Fsp3) is 0.118. The van der Waals surface area contributed by atoms with Gasteiger partial charge in [-0.1, -0.05) is 42.1 Å². The number of anilines is 1. The normalized spacial score (nSPS) is 11.9. The highest BCUT2D eigenvalue weighted by Gasteiger charge is 2.24. The number of nitrogens with zero attached hydrogens (tertiary/aromatic N) is 3. The SMILES string of the molecule is Cn1cnnc1S[C@H](C(=O)Nc1ccc(F)cc1)c1ccccc1. The highest BCUT2D eigenvalue weighted by molar-refractivity contribution is 8.00. The first kappa shape index (κ1) is 16.2. The zero-order valence-electron chi connectivity index (χ0n) is 12.9. The Hall–Kier alpha value is -2.67. The van der Waals surface area contributed by atoms with E-state index in [9.17, 15) is 9.18 Å². The van der Waals surface area contributed by atoms with Crippen LogP contribution in [0.2, 0.25) is 0 Å². The van der Waals surface area contributed by atoms with Crippen LogP contribution in [-0.4, -0.2) is 20.7 Å². The number of benzene rings is 2. The van der Waals surface area contributed by atoms with Crippen LogP contribution < -0.4 is 5.32 Å². The molecule has 1 aromatic heterocycles. The number of nitrogens with one attached hydrogen (secondary N) is 1. The van der Waals surface area contributed by atoms with Crippen LogP contribution in [0, 0.1) is 5.82 Å². The molecule has 1 amide bonds. The number of aryl methyl sites for hydroxylation is 1. The Morgan fingerprint density at radius 3 is 2.50 bits per heavy atom. The summed E-state index contributed by atoms with van der Waals surface area (Å²) in [7, 11) is 1.82. The van der Waals surface area contributed by atoms with Gasteiger partial charge in [-0.2, -0.15) is 0 Å². The van der Waals surface area contributed by atoms with Gasteiger partial charge in [0.15, 0.2) is 5.16 Å². The molecule has 0 unspecified atom stereocenters. The van der Waals surface area contributed by atoms with Crippen molar-refractivity contribution in [3.8, 4) is 0 Å². The van der Waals surface area contributed by atoms with Crippen molar-refractivity contribution in [3.63, 3.8) is 0 Å². The monoisotopic (exact) mass is 342 g/mol. The van der Waals surface area contributed by atoms with Crippen LogP contribution in [-0.2, 0) is 11.8 Å². The van der Waals surface area contributed by atoms with E-state index >= 15 is 0 Å². The minimum atomic E-state index is -0.501. The molecule has 24 heavy (non-hydrogen) atoms. The van der Waals surface area contributed by atoms with Crippen molar-refractivity contribution < 1.29 is 9.18 Å². The van der Waals surface area contributed by atoms with E-state index in [4.69, 9.17) is 0 Å². The Labute approximate surface area is 142 Å². The van der Waals surface area contributed by atoms with Gasteiger partial charge in [-0.05, 0) is 29.8 Å². The van der Waals surface area contributed by atoms with Gasteiger partial charge >= 0.3 is 0 Å². The van der Waals surface area contributed by atoms with E-state index in [-0.39, 0.29) is 11.7 Å². The van der Waals surface area contributed by atoms with Gasteiger partial charge in [0.05, 0.1) is 0 Å². The second kappa shape index (κ2) is 7.27. The third-order valence-electron chi connectivity index (χ3n) is 3.35. The number of carbonyl (C=O) groups is 1. The van der Waals surface area contributed by atoms with Crippen LogP contribution in [0.25, 0.3) is 0 Å². The van der Waals surface area contributed by atoms with Crippen LogP contribution in [0.4, 0.5) is 10.1 Å². The molecule has 0 fully saturated rings. The lowest BCUT2D eigenvalue weighted by atomic mass is 10.1. The van der Waals surface area contributed by atoms with Crippen LogP contribution >= 0.6 is 11.8 Å². The summed E-state index contributed by atoms with van der Waals surface area (Å²) in [6.07, 6.45) is 1.59. The third kappa shape index (κ3) is 3.80. The van der Waals surface area contributed by atoms with Gasteiger partial charge < -0.3 is 9.88 Å². The van der Waals surface area contributed by atoms with Crippen molar-refractivity contribution >= 4 is 23.4 Å². The smallest absolute Gasteiger partial charge is 0.242 e. The molecule has 2 aromatic carbocycles. The summed E-state index contributed by atoms with van der Waals surface area (Å²) >= 11 is 1.31. The molecular formula is C17H15FN4OS. The van der Waals surface area contributed by atoms with Gasteiger partial charge in [0.25, 0.3) is 0 Å². The summed E-state index contributed by atoms with van der Waals surface area (Å²) in [5.74, 6) is -0.554. The van der Waals surface area contributed by atoms with Gasteiger partial charge in [0.1, 0.15) is 17.4 Å². The lowest BCUT2D eigenvalue weighted by molar-refractivity contribution is -0.115. The number of halogens is 1. The highest BCUT2D eigenvalue weighted by atomic mass is 32.2. The maximum atomic E-state index is 13.0. The van der Waals surface area contributed by atoms with Crippen LogP contribution in [0.15, 0.2) is 66.1 Å². The lowest BCUT2D eigenvalue weighted by Gasteiger charge is -2.16. The van der Waals surface area contributed by atoms with Crippen molar-refractivity contribution in [1.82, 2.24) is 14.8 Å². The Morgan fingerprint density at radius 1 is 1.17 bits per heavy atom. The minimum absolute atomic E-state index is 0.208. The zero-order chi connectivity index (χ0) is 16.9. The predicted molar refractivity (Wildman–Crippen MR) is 91.1 cm³/mol. The molecule has 0 aliphatic rings. The van der Waals surface area contributed by atoms with E-state index in [2.05, 4.69) is 15.5 Å². The molecule has 3 rings (SSSR count). The van der Waals surface area contributed by atoms with Gasteiger partial charge in [-0.3, -0.25) is 4.79 Å². The number of hydrogen-bond acceptors (Lipinski definition) is 4. The van der Waals surface area contributed by atoms with E-state index in [0.29, 0.717) is 10.8 Å². The van der Waals surface area contributed by atoms with Crippen molar-refractivity contribution in [2.24, 2.45) is 7.05 Å². The molecule has 1 heterocycles. The van der Waals surface area contributed by atoms with Gasteiger partial charge in [0.2, 0.25) is 5.91 Å².